The highest BCUT2D eigenvalue weighted by Gasteiger charge is 2.28. The van der Waals surface area contributed by atoms with Gasteiger partial charge in [0.05, 0.1) is 5.69 Å². The monoisotopic (exact) mass is 799 g/mol. The first-order chi connectivity index (χ1) is 28.4. The van der Waals surface area contributed by atoms with E-state index in [4.69, 9.17) is 5.73 Å². The molecule has 5 aromatic rings. The predicted molar refractivity (Wildman–Crippen MR) is 228 cm³/mol. The molecule has 14 heteroatoms. The SMILES string of the molecule is Cc1ccc(NC(=O)c2ccc(CNC(=O)CCCCNC(=O)[C@H](CC(C)C)NC(=O)[C@@H](O)[C@H](N)Cc3ccccc3)cc2)cc1Nc1nccc(-c2cccnc2)n1. The zero-order chi connectivity index (χ0) is 42.1. The Morgan fingerprint density at radius 1 is 0.831 bits per heavy atom. The second-order valence-corrected chi connectivity index (χ2v) is 14.8. The number of hydrogen-bond acceptors (Lipinski definition) is 10. The fourth-order valence-electron chi connectivity index (χ4n) is 6.21. The van der Waals surface area contributed by atoms with Gasteiger partial charge in [0.25, 0.3) is 11.8 Å². The van der Waals surface area contributed by atoms with Crippen molar-refractivity contribution in [3.63, 3.8) is 0 Å². The number of nitrogens with one attached hydrogen (secondary N) is 5. The maximum atomic E-state index is 13.1. The van der Waals surface area contributed by atoms with Crippen LogP contribution in [0.1, 0.15) is 66.6 Å². The highest BCUT2D eigenvalue weighted by molar-refractivity contribution is 6.04. The van der Waals surface area contributed by atoms with E-state index in [0.29, 0.717) is 56.0 Å². The van der Waals surface area contributed by atoms with Crippen molar-refractivity contribution < 1.29 is 24.3 Å². The molecule has 0 spiro atoms. The molecule has 4 amide bonds. The molecular formula is C45H53N9O5. The molecule has 2 aromatic heterocycles. The Labute approximate surface area is 344 Å². The number of hydrogen-bond donors (Lipinski definition) is 7. The van der Waals surface area contributed by atoms with E-state index in [2.05, 4.69) is 41.5 Å². The molecule has 0 saturated carbocycles. The number of unbranched alkanes of at least 4 members (excludes halogenated alkanes) is 1. The van der Waals surface area contributed by atoms with Gasteiger partial charge >= 0.3 is 0 Å². The Bertz CT molecular complexity index is 2150. The Hall–Kier alpha value is -6.51. The Morgan fingerprint density at radius 3 is 2.34 bits per heavy atom. The number of aliphatic hydroxyl groups is 1. The number of nitrogens with zero attached hydrogens (tertiary/aromatic N) is 3. The van der Waals surface area contributed by atoms with Crippen LogP contribution in [0.25, 0.3) is 11.3 Å². The van der Waals surface area contributed by atoms with Gasteiger partial charge in [-0.25, -0.2) is 9.97 Å². The average Bonchev–Trinajstić information content (AvgIpc) is 3.24. The van der Waals surface area contributed by atoms with Crippen molar-refractivity contribution in [3.8, 4) is 11.3 Å². The average molecular weight is 800 g/mol. The number of carbonyl (C=O) groups is 4. The lowest BCUT2D eigenvalue weighted by Gasteiger charge is -2.24. The maximum absolute atomic E-state index is 13.1. The smallest absolute Gasteiger partial charge is 0.255 e. The van der Waals surface area contributed by atoms with Crippen LogP contribution < -0.4 is 32.3 Å². The fraction of sp³-hybridized carbons (Fsp3) is 0.311. The van der Waals surface area contributed by atoms with Crippen LogP contribution in [0.2, 0.25) is 0 Å². The van der Waals surface area contributed by atoms with Gasteiger partial charge in [0.1, 0.15) is 12.1 Å². The number of amides is 4. The summed E-state index contributed by atoms with van der Waals surface area (Å²) in [6, 6.07) is 25.8. The summed E-state index contributed by atoms with van der Waals surface area (Å²) in [5.41, 5.74) is 12.2. The lowest BCUT2D eigenvalue weighted by Crippen LogP contribution is -2.54. The number of rotatable bonds is 20. The standard InChI is InChI=1S/C45H53N9O5/c1-29(2)24-39(52-44(59)41(56)36(46)25-31-10-5-4-6-11-31)43(58)48-22-8-7-13-40(55)50-27-32-15-17-33(18-16-32)42(57)51-35-19-14-30(3)38(26-35)54-45-49-23-20-37(53-45)34-12-9-21-47-28-34/h4-6,9-12,14-21,23,26,28-29,36,39,41,56H,7-8,13,22,24-25,27,46H2,1-3H3,(H,48,58)(H,50,55)(H,51,57)(H,52,59)(H,49,53,54)/t36-,39+,41+/m1/s1. The van der Waals surface area contributed by atoms with E-state index in [-0.39, 0.29) is 30.1 Å². The minimum absolute atomic E-state index is 0.110. The van der Waals surface area contributed by atoms with Gasteiger partial charge in [-0.05, 0) is 97.7 Å². The molecule has 3 atom stereocenters. The second-order valence-electron chi connectivity index (χ2n) is 14.8. The molecule has 308 valence electrons. The van der Waals surface area contributed by atoms with Crippen LogP contribution in [0.3, 0.4) is 0 Å². The normalized spacial score (nSPS) is 12.5. The number of aryl methyl sites for hydroxylation is 1. The fourth-order valence-corrected chi connectivity index (χ4v) is 6.21. The van der Waals surface area contributed by atoms with Crippen molar-refractivity contribution in [2.24, 2.45) is 11.7 Å². The van der Waals surface area contributed by atoms with Crippen LogP contribution >= 0.6 is 0 Å². The Balaban J connectivity index is 1.01. The second kappa shape index (κ2) is 21.9. The molecule has 0 bridgehead atoms. The van der Waals surface area contributed by atoms with E-state index < -0.39 is 24.1 Å². The van der Waals surface area contributed by atoms with Gasteiger partial charge in [0.15, 0.2) is 0 Å². The van der Waals surface area contributed by atoms with Crippen molar-refractivity contribution in [1.29, 1.82) is 0 Å². The summed E-state index contributed by atoms with van der Waals surface area (Å²) in [7, 11) is 0. The summed E-state index contributed by atoms with van der Waals surface area (Å²) in [5, 5.41) is 25.2. The minimum atomic E-state index is -1.47. The van der Waals surface area contributed by atoms with Crippen molar-refractivity contribution >= 4 is 41.0 Å². The Morgan fingerprint density at radius 2 is 1.61 bits per heavy atom. The molecule has 0 aliphatic rings. The molecule has 0 aliphatic heterocycles. The largest absolute Gasteiger partial charge is 0.382 e. The summed E-state index contributed by atoms with van der Waals surface area (Å²) in [6.45, 7) is 6.46. The predicted octanol–water partition coefficient (Wildman–Crippen LogP) is 5.21. The first-order valence-electron chi connectivity index (χ1n) is 19.8. The van der Waals surface area contributed by atoms with Gasteiger partial charge in [0, 0.05) is 66.6 Å². The molecule has 59 heavy (non-hydrogen) atoms. The van der Waals surface area contributed by atoms with E-state index in [1.54, 1.807) is 42.9 Å². The van der Waals surface area contributed by atoms with E-state index in [1.165, 1.54) is 0 Å². The molecule has 0 fully saturated rings. The van der Waals surface area contributed by atoms with Crippen molar-refractivity contribution in [2.75, 3.05) is 17.2 Å². The molecular weight excluding hydrogens is 747 g/mol. The minimum Gasteiger partial charge on any atom is -0.382 e. The van der Waals surface area contributed by atoms with Gasteiger partial charge in [-0.15, -0.1) is 0 Å². The third-order valence-corrected chi connectivity index (χ3v) is 9.52. The lowest BCUT2D eigenvalue weighted by molar-refractivity contribution is -0.135. The molecule has 0 unspecified atom stereocenters. The number of pyridine rings is 1. The summed E-state index contributed by atoms with van der Waals surface area (Å²) in [5.74, 6) is -0.938. The number of benzene rings is 3. The summed E-state index contributed by atoms with van der Waals surface area (Å²) in [4.78, 5) is 64.6. The summed E-state index contributed by atoms with van der Waals surface area (Å²) < 4.78 is 0. The first-order valence-corrected chi connectivity index (χ1v) is 19.8. The molecule has 5 rings (SSSR count). The van der Waals surface area contributed by atoms with Crippen molar-refractivity contribution in [1.82, 2.24) is 30.9 Å². The Kier molecular flexibility index (Phi) is 16.2. The third kappa shape index (κ3) is 13.8. The summed E-state index contributed by atoms with van der Waals surface area (Å²) in [6.07, 6.45) is 5.71. The molecule has 0 aliphatic carbocycles. The van der Waals surface area contributed by atoms with Crippen LogP contribution in [-0.2, 0) is 27.3 Å². The van der Waals surface area contributed by atoms with Crippen molar-refractivity contribution in [2.45, 2.75) is 77.6 Å². The summed E-state index contributed by atoms with van der Waals surface area (Å²) >= 11 is 0. The van der Waals surface area contributed by atoms with E-state index in [0.717, 1.165) is 33.6 Å². The maximum Gasteiger partial charge on any atom is 0.255 e. The van der Waals surface area contributed by atoms with Crippen LogP contribution in [0.4, 0.5) is 17.3 Å². The first kappa shape index (κ1) is 43.6. The van der Waals surface area contributed by atoms with Crippen LogP contribution in [0.15, 0.2) is 110 Å². The van der Waals surface area contributed by atoms with Gasteiger partial charge < -0.3 is 37.4 Å². The number of aromatic nitrogens is 3. The highest BCUT2D eigenvalue weighted by atomic mass is 16.3. The van der Waals surface area contributed by atoms with Gasteiger partial charge in [-0.2, -0.15) is 0 Å². The van der Waals surface area contributed by atoms with Gasteiger partial charge in [0.2, 0.25) is 17.8 Å². The van der Waals surface area contributed by atoms with E-state index >= 15 is 0 Å². The quantitative estimate of drug-likeness (QED) is 0.0511. The van der Waals surface area contributed by atoms with Crippen LogP contribution in [-0.4, -0.2) is 68.4 Å². The van der Waals surface area contributed by atoms with E-state index in [1.807, 2.05) is 87.5 Å². The van der Waals surface area contributed by atoms with Gasteiger partial charge in [-0.3, -0.25) is 24.2 Å². The number of anilines is 3. The van der Waals surface area contributed by atoms with Gasteiger partial charge in [-0.1, -0.05) is 62.4 Å². The number of nitrogens with two attached hydrogens (primary N) is 1. The van der Waals surface area contributed by atoms with E-state index in [9.17, 15) is 24.3 Å². The molecule has 0 saturated heterocycles. The molecule has 0 radical (unpaired) electrons. The topological polar surface area (TPSA) is 213 Å². The number of aliphatic hydroxyl groups excluding tert-OH is 1. The van der Waals surface area contributed by atoms with Crippen LogP contribution in [0.5, 0.6) is 0 Å². The van der Waals surface area contributed by atoms with Crippen molar-refractivity contribution in [3.05, 3.63) is 132 Å². The lowest BCUT2D eigenvalue weighted by atomic mass is 9.99. The zero-order valence-electron chi connectivity index (χ0n) is 33.7. The highest BCUT2D eigenvalue weighted by Crippen LogP contribution is 2.25. The van der Waals surface area contributed by atoms with Crippen LogP contribution in [0, 0.1) is 12.8 Å². The number of carbonyl (C=O) groups excluding carboxylic acids is 4. The molecule has 2 heterocycles. The molecule has 8 N–H and O–H groups in total. The molecule has 14 nitrogen and oxygen atoms in total. The zero-order valence-corrected chi connectivity index (χ0v) is 33.7. The third-order valence-electron chi connectivity index (χ3n) is 9.52. The molecule has 3 aromatic carbocycles.